The highest BCUT2D eigenvalue weighted by Crippen LogP contribution is 2.28. The van der Waals surface area contributed by atoms with Crippen LogP contribution in [0.4, 0.5) is 0 Å². The molecule has 0 radical (unpaired) electrons. The molecule has 0 bridgehead atoms. The van der Waals surface area contributed by atoms with E-state index in [4.69, 9.17) is 16.0 Å². The molecule has 0 amide bonds. The predicted molar refractivity (Wildman–Crippen MR) is 78.1 cm³/mol. The van der Waals surface area contributed by atoms with Crippen molar-refractivity contribution in [1.29, 1.82) is 0 Å². The highest BCUT2D eigenvalue weighted by Gasteiger charge is 2.19. The molecule has 3 heteroatoms. The summed E-state index contributed by atoms with van der Waals surface area (Å²) in [5.41, 5.74) is 0. The number of hydrogen-bond donors (Lipinski definition) is 1. The van der Waals surface area contributed by atoms with Crippen LogP contribution in [0.25, 0.3) is 0 Å². The van der Waals surface area contributed by atoms with E-state index >= 15 is 0 Å². The third-order valence-corrected chi connectivity index (χ3v) is 3.70. The molecular weight excluding hydrogens is 246 g/mol. The van der Waals surface area contributed by atoms with E-state index < -0.39 is 0 Å². The normalized spacial score (nSPS) is 14.7. The Labute approximate surface area is 116 Å². The third-order valence-electron chi connectivity index (χ3n) is 3.50. The maximum atomic E-state index is 5.86. The van der Waals surface area contributed by atoms with E-state index in [2.05, 4.69) is 26.1 Å². The lowest BCUT2D eigenvalue weighted by Gasteiger charge is -2.22. The standard InChI is InChI=1S/C15H26ClNO/c1-4-7-8-12(5-2)11-13(17-6-3)14-9-10-15(16)18-14/h9-10,12-13,17H,4-8,11H2,1-3H3. The Hall–Kier alpha value is -0.470. The summed E-state index contributed by atoms with van der Waals surface area (Å²) < 4.78 is 5.55. The van der Waals surface area contributed by atoms with Crippen molar-refractivity contribution in [1.82, 2.24) is 5.32 Å². The minimum Gasteiger partial charge on any atom is -0.448 e. The molecule has 2 nitrogen and oxygen atoms in total. The molecule has 1 aromatic heterocycles. The van der Waals surface area contributed by atoms with Gasteiger partial charge in [0.15, 0.2) is 5.22 Å². The SMILES string of the molecule is CCCCC(CC)CC(NCC)c1ccc(Cl)o1. The van der Waals surface area contributed by atoms with Gasteiger partial charge in [-0.15, -0.1) is 0 Å². The number of hydrogen-bond acceptors (Lipinski definition) is 2. The molecule has 0 fully saturated rings. The summed E-state index contributed by atoms with van der Waals surface area (Å²) in [4.78, 5) is 0. The molecule has 0 aliphatic heterocycles. The molecule has 1 aromatic rings. The fourth-order valence-electron chi connectivity index (χ4n) is 2.38. The number of furan rings is 1. The summed E-state index contributed by atoms with van der Waals surface area (Å²) in [6.45, 7) is 7.61. The van der Waals surface area contributed by atoms with Gasteiger partial charge in [-0.2, -0.15) is 0 Å². The number of rotatable bonds is 9. The Balaban J connectivity index is 2.60. The van der Waals surface area contributed by atoms with Crippen molar-refractivity contribution in [2.75, 3.05) is 6.54 Å². The van der Waals surface area contributed by atoms with Crippen molar-refractivity contribution in [3.63, 3.8) is 0 Å². The Morgan fingerprint density at radius 2 is 2.06 bits per heavy atom. The van der Waals surface area contributed by atoms with Crippen LogP contribution in [0, 0.1) is 5.92 Å². The van der Waals surface area contributed by atoms with E-state index in [-0.39, 0.29) is 0 Å². The molecule has 0 spiro atoms. The van der Waals surface area contributed by atoms with E-state index in [1.54, 1.807) is 0 Å². The minimum atomic E-state index is 0.296. The van der Waals surface area contributed by atoms with Crippen LogP contribution in [0.3, 0.4) is 0 Å². The molecular formula is C15H26ClNO. The summed E-state index contributed by atoms with van der Waals surface area (Å²) in [6, 6.07) is 4.11. The van der Waals surface area contributed by atoms with Crippen LogP contribution in [0.5, 0.6) is 0 Å². The van der Waals surface area contributed by atoms with Gasteiger partial charge in [0.05, 0.1) is 6.04 Å². The largest absolute Gasteiger partial charge is 0.448 e. The van der Waals surface area contributed by atoms with Crippen molar-refractivity contribution in [2.45, 2.75) is 58.9 Å². The van der Waals surface area contributed by atoms with Gasteiger partial charge >= 0.3 is 0 Å². The lowest BCUT2D eigenvalue weighted by molar-refractivity contribution is 0.321. The van der Waals surface area contributed by atoms with Gasteiger partial charge in [-0.1, -0.05) is 46.5 Å². The second kappa shape index (κ2) is 8.60. The van der Waals surface area contributed by atoms with Gasteiger partial charge < -0.3 is 9.73 Å². The van der Waals surface area contributed by atoms with Gasteiger partial charge in [0.2, 0.25) is 0 Å². The molecule has 18 heavy (non-hydrogen) atoms. The van der Waals surface area contributed by atoms with Crippen LogP contribution < -0.4 is 5.32 Å². The van der Waals surface area contributed by atoms with E-state index in [9.17, 15) is 0 Å². The second-order valence-corrected chi connectivity index (χ2v) is 5.28. The zero-order valence-corrected chi connectivity index (χ0v) is 12.6. The van der Waals surface area contributed by atoms with Gasteiger partial charge in [-0.25, -0.2) is 0 Å². The van der Waals surface area contributed by atoms with Crippen LogP contribution in [0.15, 0.2) is 16.5 Å². The minimum absolute atomic E-state index is 0.296. The van der Waals surface area contributed by atoms with Gasteiger partial charge in [0.1, 0.15) is 5.76 Å². The molecule has 0 saturated heterocycles. The number of halogens is 1. The topological polar surface area (TPSA) is 25.2 Å². The Kier molecular flexibility index (Phi) is 7.45. The highest BCUT2D eigenvalue weighted by atomic mass is 35.5. The molecule has 104 valence electrons. The molecule has 1 heterocycles. The average molecular weight is 272 g/mol. The fourth-order valence-corrected chi connectivity index (χ4v) is 2.53. The maximum Gasteiger partial charge on any atom is 0.193 e. The lowest BCUT2D eigenvalue weighted by atomic mass is 9.91. The molecule has 2 atom stereocenters. The third kappa shape index (κ3) is 5.03. The predicted octanol–water partition coefficient (Wildman–Crippen LogP) is 5.19. The second-order valence-electron chi connectivity index (χ2n) is 4.90. The lowest BCUT2D eigenvalue weighted by Crippen LogP contribution is -2.23. The molecule has 0 aliphatic rings. The number of unbranched alkanes of at least 4 members (excludes halogenated alkanes) is 1. The fraction of sp³-hybridized carbons (Fsp3) is 0.733. The Morgan fingerprint density at radius 3 is 2.56 bits per heavy atom. The van der Waals surface area contributed by atoms with Crippen molar-refractivity contribution >= 4 is 11.6 Å². The van der Waals surface area contributed by atoms with Crippen LogP contribution >= 0.6 is 11.6 Å². The summed E-state index contributed by atoms with van der Waals surface area (Å²) in [5.74, 6) is 1.73. The number of nitrogens with one attached hydrogen (secondary N) is 1. The van der Waals surface area contributed by atoms with Gasteiger partial charge in [0.25, 0.3) is 0 Å². The molecule has 1 N–H and O–H groups in total. The van der Waals surface area contributed by atoms with Crippen LogP contribution in [-0.4, -0.2) is 6.54 Å². The smallest absolute Gasteiger partial charge is 0.193 e. The highest BCUT2D eigenvalue weighted by molar-refractivity contribution is 6.28. The van der Waals surface area contributed by atoms with Crippen molar-refractivity contribution in [2.24, 2.45) is 5.92 Å². The van der Waals surface area contributed by atoms with Crippen LogP contribution in [-0.2, 0) is 0 Å². The molecule has 2 unspecified atom stereocenters. The summed E-state index contributed by atoms with van der Waals surface area (Å²) in [7, 11) is 0. The molecule has 0 aliphatic carbocycles. The molecule has 0 saturated carbocycles. The Morgan fingerprint density at radius 1 is 1.28 bits per heavy atom. The van der Waals surface area contributed by atoms with E-state index in [1.165, 1.54) is 25.7 Å². The van der Waals surface area contributed by atoms with Gasteiger partial charge in [-0.05, 0) is 42.6 Å². The van der Waals surface area contributed by atoms with Gasteiger partial charge in [0, 0.05) is 0 Å². The Bertz CT molecular complexity index is 324. The first-order chi connectivity index (χ1) is 8.71. The summed E-state index contributed by atoms with van der Waals surface area (Å²) in [5, 5.41) is 3.98. The summed E-state index contributed by atoms with van der Waals surface area (Å²) >= 11 is 5.86. The van der Waals surface area contributed by atoms with E-state index in [0.717, 1.165) is 24.6 Å². The van der Waals surface area contributed by atoms with Crippen LogP contribution in [0.1, 0.15) is 64.7 Å². The maximum absolute atomic E-state index is 5.86. The zero-order chi connectivity index (χ0) is 13.4. The quantitative estimate of drug-likeness (QED) is 0.669. The monoisotopic (exact) mass is 271 g/mol. The zero-order valence-electron chi connectivity index (χ0n) is 11.8. The van der Waals surface area contributed by atoms with Crippen molar-refractivity contribution < 1.29 is 4.42 Å². The van der Waals surface area contributed by atoms with Crippen LogP contribution in [0.2, 0.25) is 5.22 Å². The first-order valence-corrected chi connectivity index (χ1v) is 7.57. The van der Waals surface area contributed by atoms with Gasteiger partial charge in [-0.3, -0.25) is 0 Å². The molecule has 1 rings (SSSR count). The average Bonchev–Trinajstić information content (AvgIpc) is 2.80. The first kappa shape index (κ1) is 15.6. The van der Waals surface area contributed by atoms with Crippen molar-refractivity contribution in [3.8, 4) is 0 Å². The first-order valence-electron chi connectivity index (χ1n) is 7.19. The van der Waals surface area contributed by atoms with Crippen molar-refractivity contribution in [3.05, 3.63) is 23.1 Å². The molecule has 0 aromatic carbocycles. The van der Waals surface area contributed by atoms with E-state index in [1.807, 2.05) is 12.1 Å². The summed E-state index contributed by atoms with van der Waals surface area (Å²) in [6.07, 6.45) is 6.26. The van der Waals surface area contributed by atoms with E-state index in [0.29, 0.717) is 11.3 Å².